The van der Waals surface area contributed by atoms with E-state index in [9.17, 15) is 4.79 Å². The van der Waals surface area contributed by atoms with Crippen molar-refractivity contribution in [2.45, 2.75) is 6.04 Å². The highest BCUT2D eigenvalue weighted by Gasteiger charge is 2.24. The van der Waals surface area contributed by atoms with Crippen molar-refractivity contribution in [1.82, 2.24) is 10.3 Å². The van der Waals surface area contributed by atoms with Gasteiger partial charge in [-0.1, -0.05) is 11.6 Å². The Kier molecular flexibility index (Phi) is 3.38. The Morgan fingerprint density at radius 3 is 3.19 bits per heavy atom. The van der Waals surface area contributed by atoms with Crippen molar-refractivity contribution in [2.75, 3.05) is 25.5 Å². The zero-order chi connectivity index (χ0) is 11.5. The van der Waals surface area contributed by atoms with Crippen LogP contribution in [0, 0.1) is 0 Å². The van der Waals surface area contributed by atoms with Gasteiger partial charge in [0, 0.05) is 12.7 Å². The van der Waals surface area contributed by atoms with Gasteiger partial charge in [0.15, 0.2) is 5.78 Å². The topological polar surface area (TPSA) is 77.2 Å². The Balaban J connectivity index is 2.22. The van der Waals surface area contributed by atoms with Crippen molar-refractivity contribution in [3.05, 3.63) is 22.8 Å². The van der Waals surface area contributed by atoms with Gasteiger partial charge in [0.2, 0.25) is 0 Å². The Morgan fingerprint density at radius 1 is 1.69 bits per heavy atom. The summed E-state index contributed by atoms with van der Waals surface area (Å²) in [7, 11) is 0. The molecule has 1 aliphatic rings. The zero-order valence-electron chi connectivity index (χ0n) is 8.57. The van der Waals surface area contributed by atoms with E-state index in [1.807, 2.05) is 0 Å². The molecular weight excluding hydrogens is 230 g/mol. The molecule has 0 saturated carbocycles. The second kappa shape index (κ2) is 4.78. The summed E-state index contributed by atoms with van der Waals surface area (Å²) in [5, 5.41) is 3.46. The monoisotopic (exact) mass is 241 g/mol. The van der Waals surface area contributed by atoms with E-state index in [-0.39, 0.29) is 17.6 Å². The number of nitrogen functional groups attached to an aromatic ring is 1. The first kappa shape index (κ1) is 11.3. The first-order valence-corrected chi connectivity index (χ1v) is 5.32. The third-order valence-corrected chi connectivity index (χ3v) is 2.60. The number of aromatic nitrogens is 1. The van der Waals surface area contributed by atoms with Crippen molar-refractivity contribution >= 4 is 23.2 Å². The highest BCUT2D eigenvalue weighted by molar-refractivity contribution is 6.31. The fraction of sp³-hybridized carbons (Fsp3) is 0.400. The van der Waals surface area contributed by atoms with Gasteiger partial charge in [-0.2, -0.15) is 0 Å². The second-order valence-electron chi connectivity index (χ2n) is 3.53. The van der Waals surface area contributed by atoms with Crippen LogP contribution in [0.5, 0.6) is 0 Å². The first-order valence-electron chi connectivity index (χ1n) is 4.95. The number of hydrogen-bond donors (Lipinski definition) is 2. The lowest BCUT2D eigenvalue weighted by Gasteiger charge is -2.22. The quantitative estimate of drug-likeness (QED) is 0.737. The number of nitrogens with zero attached hydrogens (tertiary/aromatic N) is 1. The molecule has 0 spiro atoms. The maximum Gasteiger partial charge on any atom is 0.185 e. The van der Waals surface area contributed by atoms with Crippen molar-refractivity contribution in [1.29, 1.82) is 0 Å². The predicted molar refractivity (Wildman–Crippen MR) is 60.6 cm³/mol. The minimum atomic E-state index is -0.365. The fourth-order valence-electron chi connectivity index (χ4n) is 1.57. The average Bonchev–Trinajstić information content (AvgIpc) is 2.32. The molecule has 5 nitrogen and oxygen atoms in total. The summed E-state index contributed by atoms with van der Waals surface area (Å²) in [4.78, 5) is 15.9. The molecule has 86 valence electrons. The largest absolute Gasteiger partial charge is 0.383 e. The molecule has 1 saturated heterocycles. The number of nitrogens with one attached hydrogen (secondary N) is 1. The van der Waals surface area contributed by atoms with Gasteiger partial charge in [-0.25, -0.2) is 4.98 Å². The normalized spacial score (nSPS) is 20.7. The summed E-state index contributed by atoms with van der Waals surface area (Å²) in [6, 6.07) is 1.17. The van der Waals surface area contributed by atoms with E-state index in [1.54, 1.807) is 0 Å². The lowest BCUT2D eigenvalue weighted by molar-refractivity contribution is 0.0608. The number of carbonyl (C=O) groups excluding carboxylic acids is 1. The van der Waals surface area contributed by atoms with Crippen molar-refractivity contribution < 1.29 is 9.53 Å². The molecule has 2 heterocycles. The standard InChI is InChI=1S/C10H12ClN3O2/c11-6-3-7(10(12)14-4-6)9(15)8-5-16-2-1-13-8/h3-4,8,13H,1-2,5H2,(H2,12,14). The van der Waals surface area contributed by atoms with Gasteiger partial charge < -0.3 is 15.8 Å². The van der Waals surface area contributed by atoms with Crippen molar-refractivity contribution in [3.63, 3.8) is 0 Å². The Morgan fingerprint density at radius 2 is 2.50 bits per heavy atom. The van der Waals surface area contributed by atoms with Crippen LogP contribution in [0.4, 0.5) is 5.82 Å². The molecule has 1 atom stereocenters. The third-order valence-electron chi connectivity index (χ3n) is 2.39. The smallest absolute Gasteiger partial charge is 0.185 e. The van der Waals surface area contributed by atoms with Crippen LogP contribution in [0.1, 0.15) is 10.4 Å². The van der Waals surface area contributed by atoms with E-state index >= 15 is 0 Å². The Hall–Kier alpha value is -1.17. The third kappa shape index (κ3) is 2.32. The molecule has 0 radical (unpaired) electrons. The van der Waals surface area contributed by atoms with Gasteiger partial charge in [-0.05, 0) is 6.07 Å². The SMILES string of the molecule is Nc1ncc(Cl)cc1C(=O)C1COCCN1. The maximum atomic E-state index is 12.1. The van der Waals surface area contributed by atoms with Crippen LogP contribution in [0.3, 0.4) is 0 Å². The van der Waals surface area contributed by atoms with Gasteiger partial charge in [-0.3, -0.25) is 4.79 Å². The summed E-state index contributed by atoms with van der Waals surface area (Å²) in [5.74, 6) is 0.0639. The van der Waals surface area contributed by atoms with E-state index < -0.39 is 0 Å². The molecular formula is C10H12ClN3O2. The minimum absolute atomic E-state index is 0.132. The molecule has 0 aromatic carbocycles. The fourth-order valence-corrected chi connectivity index (χ4v) is 1.73. The van der Waals surface area contributed by atoms with Gasteiger partial charge in [0.05, 0.1) is 29.8 Å². The number of ether oxygens (including phenoxy) is 1. The van der Waals surface area contributed by atoms with E-state index in [0.717, 1.165) is 0 Å². The zero-order valence-corrected chi connectivity index (χ0v) is 9.33. The van der Waals surface area contributed by atoms with E-state index in [4.69, 9.17) is 22.1 Å². The van der Waals surface area contributed by atoms with Gasteiger partial charge in [-0.15, -0.1) is 0 Å². The van der Waals surface area contributed by atoms with Gasteiger partial charge in [0.25, 0.3) is 0 Å². The van der Waals surface area contributed by atoms with Crippen molar-refractivity contribution in [3.8, 4) is 0 Å². The summed E-state index contributed by atoms with van der Waals surface area (Å²) >= 11 is 5.78. The molecule has 0 aliphatic carbocycles. The van der Waals surface area contributed by atoms with Crippen LogP contribution in [0.15, 0.2) is 12.3 Å². The van der Waals surface area contributed by atoms with Crippen LogP contribution in [-0.2, 0) is 4.74 Å². The Bertz CT molecular complexity index is 405. The number of ketones is 1. The lowest BCUT2D eigenvalue weighted by atomic mass is 10.1. The van der Waals surface area contributed by atoms with Gasteiger partial charge in [0.1, 0.15) is 5.82 Å². The number of morpholine rings is 1. The molecule has 3 N–H and O–H groups in total. The summed E-state index contributed by atoms with van der Waals surface area (Å²) in [6.07, 6.45) is 1.42. The molecule has 1 aromatic rings. The van der Waals surface area contributed by atoms with E-state index in [0.29, 0.717) is 30.3 Å². The second-order valence-corrected chi connectivity index (χ2v) is 3.97. The van der Waals surface area contributed by atoms with Crippen LogP contribution < -0.4 is 11.1 Å². The number of hydrogen-bond acceptors (Lipinski definition) is 5. The first-order chi connectivity index (χ1) is 7.68. The number of nitrogens with two attached hydrogens (primary N) is 1. The van der Waals surface area contributed by atoms with E-state index in [1.165, 1.54) is 12.3 Å². The number of carbonyl (C=O) groups is 1. The number of halogens is 1. The number of Topliss-reactive ketones (excluding diaryl/α,β-unsaturated/α-hetero) is 1. The Labute approximate surface area is 97.9 Å². The predicted octanol–water partition coefficient (Wildman–Crippen LogP) is 0.488. The molecule has 0 bridgehead atoms. The van der Waals surface area contributed by atoms with Gasteiger partial charge >= 0.3 is 0 Å². The molecule has 6 heteroatoms. The summed E-state index contributed by atoms with van der Waals surface area (Å²) in [6.45, 7) is 1.63. The molecule has 2 rings (SSSR count). The molecule has 1 fully saturated rings. The number of pyridine rings is 1. The molecule has 1 unspecified atom stereocenters. The molecule has 1 aliphatic heterocycles. The molecule has 16 heavy (non-hydrogen) atoms. The lowest BCUT2D eigenvalue weighted by Crippen LogP contribution is -2.46. The number of anilines is 1. The van der Waals surface area contributed by atoms with Crippen LogP contribution in [0.25, 0.3) is 0 Å². The van der Waals surface area contributed by atoms with E-state index in [2.05, 4.69) is 10.3 Å². The molecule has 0 amide bonds. The highest BCUT2D eigenvalue weighted by Crippen LogP contribution is 2.17. The van der Waals surface area contributed by atoms with Crippen LogP contribution in [-0.4, -0.2) is 36.6 Å². The maximum absolute atomic E-state index is 12.1. The highest BCUT2D eigenvalue weighted by atomic mass is 35.5. The van der Waals surface area contributed by atoms with Crippen LogP contribution >= 0.6 is 11.6 Å². The van der Waals surface area contributed by atoms with Crippen LogP contribution in [0.2, 0.25) is 5.02 Å². The summed E-state index contributed by atoms with van der Waals surface area (Å²) in [5.41, 5.74) is 5.98. The minimum Gasteiger partial charge on any atom is -0.383 e. The average molecular weight is 242 g/mol. The number of rotatable bonds is 2. The molecule has 1 aromatic heterocycles. The van der Waals surface area contributed by atoms with Crippen molar-refractivity contribution in [2.24, 2.45) is 0 Å². The summed E-state index contributed by atoms with van der Waals surface area (Å²) < 4.78 is 5.22.